The SMILES string of the molecule is CCc1cc2[nH]ccc2nc1OC. The molecule has 0 aliphatic heterocycles. The number of aromatic amines is 1. The van der Waals surface area contributed by atoms with Gasteiger partial charge >= 0.3 is 0 Å². The number of nitrogens with one attached hydrogen (secondary N) is 1. The molecule has 2 aromatic rings. The maximum Gasteiger partial charge on any atom is 0.216 e. The third-order valence-corrected chi connectivity index (χ3v) is 2.15. The van der Waals surface area contributed by atoms with Crippen LogP contribution in [-0.4, -0.2) is 17.1 Å². The molecule has 0 bridgehead atoms. The molecule has 0 saturated carbocycles. The first-order chi connectivity index (χ1) is 6.35. The van der Waals surface area contributed by atoms with Crippen LogP contribution in [0.15, 0.2) is 18.3 Å². The lowest BCUT2D eigenvalue weighted by Gasteiger charge is -2.04. The third-order valence-electron chi connectivity index (χ3n) is 2.15. The van der Waals surface area contributed by atoms with Gasteiger partial charge in [-0.2, -0.15) is 0 Å². The fourth-order valence-corrected chi connectivity index (χ4v) is 1.43. The number of aromatic nitrogens is 2. The minimum absolute atomic E-state index is 0.731. The van der Waals surface area contributed by atoms with Crippen molar-refractivity contribution in [2.24, 2.45) is 0 Å². The number of hydrogen-bond donors (Lipinski definition) is 1. The number of hydrogen-bond acceptors (Lipinski definition) is 2. The topological polar surface area (TPSA) is 37.9 Å². The van der Waals surface area contributed by atoms with Crippen molar-refractivity contribution in [2.45, 2.75) is 13.3 Å². The summed E-state index contributed by atoms with van der Waals surface area (Å²) in [5.41, 5.74) is 3.16. The minimum Gasteiger partial charge on any atom is -0.481 e. The molecule has 0 aliphatic rings. The van der Waals surface area contributed by atoms with E-state index in [2.05, 4.69) is 23.0 Å². The second-order valence-corrected chi connectivity index (χ2v) is 2.92. The van der Waals surface area contributed by atoms with Gasteiger partial charge in [-0.25, -0.2) is 4.98 Å². The summed E-state index contributed by atoms with van der Waals surface area (Å²) >= 11 is 0. The van der Waals surface area contributed by atoms with Crippen molar-refractivity contribution in [1.82, 2.24) is 9.97 Å². The first kappa shape index (κ1) is 8.10. The van der Waals surface area contributed by atoms with E-state index in [4.69, 9.17) is 4.74 Å². The van der Waals surface area contributed by atoms with E-state index in [0.29, 0.717) is 0 Å². The average Bonchev–Trinajstić information content (AvgIpc) is 2.62. The highest BCUT2D eigenvalue weighted by Crippen LogP contribution is 2.21. The van der Waals surface area contributed by atoms with Crippen LogP contribution in [-0.2, 0) is 6.42 Å². The molecule has 0 spiro atoms. The van der Waals surface area contributed by atoms with Crippen LogP contribution < -0.4 is 4.74 Å². The standard InChI is InChI=1S/C10H12N2O/c1-3-7-6-9-8(4-5-11-9)12-10(7)13-2/h4-6,11H,3H2,1-2H3. The van der Waals surface area contributed by atoms with Crippen LogP contribution in [0.5, 0.6) is 5.88 Å². The fourth-order valence-electron chi connectivity index (χ4n) is 1.43. The number of nitrogens with zero attached hydrogens (tertiary/aromatic N) is 1. The first-order valence-corrected chi connectivity index (χ1v) is 4.36. The van der Waals surface area contributed by atoms with Gasteiger partial charge in [0.1, 0.15) is 0 Å². The van der Waals surface area contributed by atoms with Gasteiger partial charge in [0.05, 0.1) is 18.1 Å². The number of rotatable bonds is 2. The quantitative estimate of drug-likeness (QED) is 0.761. The molecule has 68 valence electrons. The summed E-state index contributed by atoms with van der Waals surface area (Å²) in [6.07, 6.45) is 2.82. The van der Waals surface area contributed by atoms with Crippen molar-refractivity contribution < 1.29 is 4.74 Å². The highest BCUT2D eigenvalue weighted by atomic mass is 16.5. The molecule has 0 aromatic carbocycles. The molecule has 0 radical (unpaired) electrons. The molecule has 3 nitrogen and oxygen atoms in total. The molecule has 2 rings (SSSR count). The third kappa shape index (κ3) is 1.26. The van der Waals surface area contributed by atoms with E-state index < -0.39 is 0 Å². The van der Waals surface area contributed by atoms with E-state index in [1.165, 1.54) is 0 Å². The summed E-state index contributed by atoms with van der Waals surface area (Å²) < 4.78 is 5.19. The van der Waals surface area contributed by atoms with Crippen molar-refractivity contribution in [3.05, 3.63) is 23.9 Å². The van der Waals surface area contributed by atoms with Gasteiger partial charge in [-0.15, -0.1) is 0 Å². The molecule has 0 amide bonds. The number of aryl methyl sites for hydroxylation is 1. The van der Waals surface area contributed by atoms with E-state index in [0.717, 1.165) is 28.9 Å². The van der Waals surface area contributed by atoms with E-state index >= 15 is 0 Å². The second kappa shape index (κ2) is 3.09. The van der Waals surface area contributed by atoms with Gasteiger partial charge < -0.3 is 9.72 Å². The van der Waals surface area contributed by atoms with Gasteiger partial charge in [-0.3, -0.25) is 0 Å². The van der Waals surface area contributed by atoms with Crippen LogP contribution in [0, 0.1) is 0 Å². The number of H-pyrrole nitrogens is 1. The summed E-state index contributed by atoms with van der Waals surface area (Å²) in [5, 5.41) is 0. The fraction of sp³-hybridized carbons (Fsp3) is 0.300. The Morgan fingerprint density at radius 1 is 1.54 bits per heavy atom. The predicted octanol–water partition coefficient (Wildman–Crippen LogP) is 2.13. The summed E-state index contributed by atoms with van der Waals surface area (Å²) in [6, 6.07) is 4.03. The second-order valence-electron chi connectivity index (χ2n) is 2.92. The lowest BCUT2D eigenvalue weighted by Crippen LogP contribution is -1.93. The highest BCUT2D eigenvalue weighted by molar-refractivity contribution is 5.76. The minimum atomic E-state index is 0.731. The lowest BCUT2D eigenvalue weighted by atomic mass is 10.2. The Morgan fingerprint density at radius 2 is 2.38 bits per heavy atom. The number of fused-ring (bicyclic) bond motifs is 1. The number of pyridine rings is 1. The lowest BCUT2D eigenvalue weighted by molar-refractivity contribution is 0.395. The highest BCUT2D eigenvalue weighted by Gasteiger charge is 2.05. The Morgan fingerprint density at radius 3 is 3.08 bits per heavy atom. The Hall–Kier alpha value is -1.51. The Kier molecular flexibility index (Phi) is 1.93. The van der Waals surface area contributed by atoms with E-state index in [9.17, 15) is 0 Å². The zero-order valence-corrected chi connectivity index (χ0v) is 7.79. The maximum absolute atomic E-state index is 5.19. The Bertz CT molecular complexity index is 382. The molecule has 0 atom stereocenters. The molecule has 0 fully saturated rings. The van der Waals surface area contributed by atoms with Gasteiger partial charge in [0.2, 0.25) is 5.88 Å². The summed E-state index contributed by atoms with van der Waals surface area (Å²) in [4.78, 5) is 7.50. The van der Waals surface area contributed by atoms with Crippen molar-refractivity contribution in [2.75, 3.05) is 7.11 Å². The zero-order valence-electron chi connectivity index (χ0n) is 7.79. The van der Waals surface area contributed by atoms with E-state index in [-0.39, 0.29) is 0 Å². The summed E-state index contributed by atoms with van der Waals surface area (Å²) in [6.45, 7) is 2.09. The van der Waals surface area contributed by atoms with Crippen LogP contribution in [0.25, 0.3) is 11.0 Å². The van der Waals surface area contributed by atoms with Crippen LogP contribution in [0.3, 0.4) is 0 Å². The van der Waals surface area contributed by atoms with Crippen LogP contribution in [0.2, 0.25) is 0 Å². The normalized spacial score (nSPS) is 10.6. The molecular formula is C10H12N2O. The largest absolute Gasteiger partial charge is 0.481 e. The molecule has 2 aromatic heterocycles. The number of ether oxygens (including phenoxy) is 1. The molecule has 13 heavy (non-hydrogen) atoms. The summed E-state index contributed by atoms with van der Waals surface area (Å²) in [7, 11) is 1.65. The summed E-state index contributed by atoms with van der Waals surface area (Å²) in [5.74, 6) is 0.731. The van der Waals surface area contributed by atoms with Gasteiger partial charge in [0, 0.05) is 11.8 Å². The van der Waals surface area contributed by atoms with Crippen molar-refractivity contribution in [3.63, 3.8) is 0 Å². The van der Waals surface area contributed by atoms with Crippen molar-refractivity contribution >= 4 is 11.0 Å². The van der Waals surface area contributed by atoms with Gasteiger partial charge in [0.15, 0.2) is 0 Å². The van der Waals surface area contributed by atoms with Crippen LogP contribution >= 0.6 is 0 Å². The monoisotopic (exact) mass is 176 g/mol. The Labute approximate surface area is 76.8 Å². The maximum atomic E-state index is 5.19. The van der Waals surface area contributed by atoms with Gasteiger partial charge in [-0.1, -0.05) is 6.92 Å². The molecule has 0 unspecified atom stereocenters. The van der Waals surface area contributed by atoms with Gasteiger partial charge in [-0.05, 0) is 18.6 Å². The van der Waals surface area contributed by atoms with Crippen molar-refractivity contribution in [1.29, 1.82) is 0 Å². The van der Waals surface area contributed by atoms with Crippen molar-refractivity contribution in [3.8, 4) is 5.88 Å². The van der Waals surface area contributed by atoms with Crippen LogP contribution in [0.1, 0.15) is 12.5 Å². The van der Waals surface area contributed by atoms with E-state index in [1.54, 1.807) is 7.11 Å². The Balaban J connectivity index is 2.67. The predicted molar refractivity (Wildman–Crippen MR) is 52.0 cm³/mol. The van der Waals surface area contributed by atoms with Gasteiger partial charge in [0.25, 0.3) is 0 Å². The molecule has 0 saturated heterocycles. The molecule has 2 heterocycles. The van der Waals surface area contributed by atoms with Crippen LogP contribution in [0.4, 0.5) is 0 Å². The molecule has 0 aliphatic carbocycles. The molecule has 3 heteroatoms. The smallest absolute Gasteiger partial charge is 0.216 e. The zero-order chi connectivity index (χ0) is 9.26. The number of methoxy groups -OCH3 is 1. The first-order valence-electron chi connectivity index (χ1n) is 4.36. The molecular weight excluding hydrogens is 164 g/mol. The molecule has 1 N–H and O–H groups in total. The van der Waals surface area contributed by atoms with E-state index in [1.807, 2.05) is 12.3 Å². The average molecular weight is 176 g/mol.